The Bertz CT molecular complexity index is 1110. The molecule has 7 nitrogen and oxygen atoms in total. The third-order valence-electron chi connectivity index (χ3n) is 6.53. The molecule has 8 heteroatoms. The molecule has 0 radical (unpaired) electrons. The minimum Gasteiger partial charge on any atom is -0.398 e. The number of carbonyl (C=O) groups excluding carboxylic acids is 2. The zero-order chi connectivity index (χ0) is 25.2. The van der Waals surface area contributed by atoms with Crippen molar-refractivity contribution >= 4 is 28.8 Å². The Kier molecular flexibility index (Phi) is 9.47. The van der Waals surface area contributed by atoms with E-state index in [0.717, 1.165) is 43.6 Å². The highest BCUT2D eigenvalue weighted by Crippen LogP contribution is 2.19. The standard InChI is InChI=1S/C28H35N5O2S/c29-25-21-36-20-24(25)17-27(34)26-10-9-23(18-31-26)19-33(16-6-15-32-13-4-5-14-32)28(35)30-12-11-22-7-2-1-3-8-22/h1-3,7-10,18,20-21H,4-6,11-17,19,29H2,(H,30,35). The first kappa shape index (κ1) is 25.9. The molecule has 0 bridgehead atoms. The van der Waals surface area contributed by atoms with Crippen molar-refractivity contribution in [2.24, 2.45) is 0 Å². The molecule has 0 aliphatic carbocycles. The van der Waals surface area contributed by atoms with Crippen molar-refractivity contribution in [1.82, 2.24) is 20.1 Å². The second-order valence-corrected chi connectivity index (χ2v) is 10.0. The van der Waals surface area contributed by atoms with E-state index in [2.05, 4.69) is 27.3 Å². The van der Waals surface area contributed by atoms with Gasteiger partial charge in [-0.15, -0.1) is 11.3 Å². The molecule has 1 saturated heterocycles. The first-order valence-corrected chi connectivity index (χ1v) is 13.6. The van der Waals surface area contributed by atoms with Crippen molar-refractivity contribution in [1.29, 1.82) is 0 Å². The molecule has 1 aliphatic heterocycles. The number of benzene rings is 1. The summed E-state index contributed by atoms with van der Waals surface area (Å²) in [6.45, 7) is 5.02. The van der Waals surface area contributed by atoms with Crippen LogP contribution in [0.2, 0.25) is 0 Å². The molecule has 1 aromatic carbocycles. The number of hydrogen-bond donors (Lipinski definition) is 2. The van der Waals surface area contributed by atoms with E-state index in [1.807, 2.05) is 39.9 Å². The van der Waals surface area contributed by atoms with Crippen LogP contribution < -0.4 is 11.1 Å². The van der Waals surface area contributed by atoms with Crippen LogP contribution in [0.3, 0.4) is 0 Å². The van der Waals surface area contributed by atoms with Crippen LogP contribution in [0, 0.1) is 0 Å². The van der Waals surface area contributed by atoms with Gasteiger partial charge in [-0.2, -0.15) is 0 Å². The summed E-state index contributed by atoms with van der Waals surface area (Å²) in [5.74, 6) is -0.0622. The van der Waals surface area contributed by atoms with Gasteiger partial charge in [0.15, 0.2) is 5.78 Å². The summed E-state index contributed by atoms with van der Waals surface area (Å²) >= 11 is 1.49. The number of thiophene rings is 1. The molecule has 2 aromatic heterocycles. The Hall–Kier alpha value is -3.23. The Morgan fingerprint density at radius 2 is 1.86 bits per heavy atom. The number of hydrogen-bond acceptors (Lipinski definition) is 6. The molecule has 3 aromatic rings. The average Bonchev–Trinajstić information content (AvgIpc) is 3.56. The molecular formula is C28H35N5O2S. The molecule has 1 fully saturated rings. The van der Waals surface area contributed by atoms with Crippen molar-refractivity contribution < 1.29 is 9.59 Å². The smallest absolute Gasteiger partial charge is 0.317 e. The van der Waals surface area contributed by atoms with Gasteiger partial charge in [0, 0.05) is 43.3 Å². The number of Topliss-reactive ketones (excluding diaryl/α,β-unsaturated/α-hetero) is 1. The number of anilines is 1. The summed E-state index contributed by atoms with van der Waals surface area (Å²) in [6, 6.07) is 13.7. The van der Waals surface area contributed by atoms with Gasteiger partial charge in [-0.25, -0.2) is 4.79 Å². The van der Waals surface area contributed by atoms with Gasteiger partial charge in [-0.05, 0) is 73.5 Å². The Morgan fingerprint density at radius 3 is 2.56 bits per heavy atom. The van der Waals surface area contributed by atoms with Gasteiger partial charge in [-0.3, -0.25) is 9.78 Å². The van der Waals surface area contributed by atoms with Gasteiger partial charge >= 0.3 is 6.03 Å². The third-order valence-corrected chi connectivity index (χ3v) is 7.34. The molecule has 190 valence electrons. The second-order valence-electron chi connectivity index (χ2n) is 9.30. The van der Waals surface area contributed by atoms with Crippen LogP contribution in [-0.4, -0.2) is 59.3 Å². The summed E-state index contributed by atoms with van der Waals surface area (Å²) in [5, 5.41) is 6.81. The second kappa shape index (κ2) is 13.2. The number of ketones is 1. The minimum absolute atomic E-state index is 0.0622. The van der Waals surface area contributed by atoms with E-state index in [1.54, 1.807) is 12.3 Å². The number of nitrogens with zero attached hydrogens (tertiary/aromatic N) is 3. The number of nitrogens with two attached hydrogens (primary N) is 1. The van der Waals surface area contributed by atoms with Gasteiger partial charge in [0.05, 0.1) is 0 Å². The number of nitrogens with one attached hydrogen (secondary N) is 1. The maximum Gasteiger partial charge on any atom is 0.317 e. The van der Waals surface area contributed by atoms with E-state index in [-0.39, 0.29) is 18.2 Å². The van der Waals surface area contributed by atoms with Crippen molar-refractivity contribution in [3.8, 4) is 0 Å². The number of amides is 2. The largest absolute Gasteiger partial charge is 0.398 e. The number of aromatic nitrogens is 1. The molecule has 4 rings (SSSR count). The Balaban J connectivity index is 1.33. The lowest BCUT2D eigenvalue weighted by Crippen LogP contribution is -2.41. The molecule has 0 atom stereocenters. The fraction of sp³-hybridized carbons (Fsp3) is 0.393. The quantitative estimate of drug-likeness (QED) is 0.356. The van der Waals surface area contributed by atoms with E-state index in [4.69, 9.17) is 5.73 Å². The van der Waals surface area contributed by atoms with Gasteiger partial charge in [0.2, 0.25) is 0 Å². The summed E-state index contributed by atoms with van der Waals surface area (Å²) in [5.41, 5.74) is 9.92. The molecule has 0 spiro atoms. The summed E-state index contributed by atoms with van der Waals surface area (Å²) in [7, 11) is 0. The zero-order valence-corrected chi connectivity index (χ0v) is 21.5. The van der Waals surface area contributed by atoms with Crippen LogP contribution in [0.1, 0.15) is 46.4 Å². The Morgan fingerprint density at radius 1 is 1.06 bits per heavy atom. The van der Waals surface area contributed by atoms with Crippen molar-refractivity contribution in [3.05, 3.63) is 81.8 Å². The summed E-state index contributed by atoms with van der Waals surface area (Å²) < 4.78 is 0. The third kappa shape index (κ3) is 7.63. The van der Waals surface area contributed by atoms with E-state index < -0.39 is 0 Å². The van der Waals surface area contributed by atoms with Gasteiger partial charge in [-0.1, -0.05) is 36.4 Å². The Labute approximate surface area is 217 Å². The molecule has 36 heavy (non-hydrogen) atoms. The maximum absolute atomic E-state index is 13.1. The fourth-order valence-corrected chi connectivity index (χ4v) is 5.21. The van der Waals surface area contributed by atoms with Crippen molar-refractivity contribution in [2.45, 2.75) is 38.6 Å². The van der Waals surface area contributed by atoms with E-state index in [0.29, 0.717) is 31.0 Å². The van der Waals surface area contributed by atoms with Gasteiger partial charge in [0.25, 0.3) is 0 Å². The number of carbonyl (C=O) groups is 2. The first-order chi connectivity index (χ1) is 17.6. The zero-order valence-electron chi connectivity index (χ0n) is 20.7. The predicted octanol–water partition coefficient (Wildman–Crippen LogP) is 4.39. The monoisotopic (exact) mass is 505 g/mol. The van der Waals surface area contributed by atoms with Crippen LogP contribution >= 0.6 is 11.3 Å². The number of pyridine rings is 1. The molecular weight excluding hydrogens is 470 g/mol. The van der Waals surface area contributed by atoms with E-state index in [1.165, 1.54) is 29.7 Å². The van der Waals surface area contributed by atoms with Crippen LogP contribution in [0.25, 0.3) is 0 Å². The fourth-order valence-electron chi connectivity index (χ4n) is 4.46. The lowest BCUT2D eigenvalue weighted by atomic mass is 10.1. The number of rotatable bonds is 12. The molecule has 0 unspecified atom stereocenters. The molecule has 0 saturated carbocycles. The highest BCUT2D eigenvalue weighted by atomic mass is 32.1. The molecule has 1 aliphatic rings. The van der Waals surface area contributed by atoms with Gasteiger partial charge < -0.3 is 20.9 Å². The number of nitrogen functional groups attached to an aromatic ring is 1. The minimum atomic E-state index is -0.0690. The van der Waals surface area contributed by atoms with Crippen molar-refractivity contribution in [3.63, 3.8) is 0 Å². The predicted molar refractivity (Wildman–Crippen MR) is 145 cm³/mol. The normalized spacial score (nSPS) is 13.6. The lowest BCUT2D eigenvalue weighted by molar-refractivity contribution is 0.0988. The van der Waals surface area contributed by atoms with Crippen LogP contribution in [0.4, 0.5) is 10.5 Å². The average molecular weight is 506 g/mol. The van der Waals surface area contributed by atoms with Gasteiger partial charge in [0.1, 0.15) is 5.69 Å². The summed E-state index contributed by atoms with van der Waals surface area (Å²) in [6.07, 6.45) is 6.20. The lowest BCUT2D eigenvalue weighted by Gasteiger charge is -2.24. The van der Waals surface area contributed by atoms with Crippen LogP contribution in [-0.2, 0) is 19.4 Å². The van der Waals surface area contributed by atoms with Crippen LogP contribution in [0.15, 0.2) is 59.4 Å². The topological polar surface area (TPSA) is 91.6 Å². The molecule has 3 N–H and O–H groups in total. The molecule has 3 heterocycles. The highest BCUT2D eigenvalue weighted by molar-refractivity contribution is 7.08. The molecule has 2 amide bonds. The van der Waals surface area contributed by atoms with E-state index in [9.17, 15) is 9.59 Å². The SMILES string of the molecule is Nc1cscc1CC(=O)c1ccc(CN(CCCN2CCCC2)C(=O)NCCc2ccccc2)cn1. The first-order valence-electron chi connectivity index (χ1n) is 12.7. The van der Waals surface area contributed by atoms with Crippen molar-refractivity contribution in [2.75, 3.05) is 38.5 Å². The highest BCUT2D eigenvalue weighted by Gasteiger charge is 2.17. The van der Waals surface area contributed by atoms with Crippen LogP contribution in [0.5, 0.6) is 0 Å². The number of likely N-dealkylation sites (tertiary alicyclic amines) is 1. The maximum atomic E-state index is 13.1. The number of urea groups is 1. The summed E-state index contributed by atoms with van der Waals surface area (Å²) in [4.78, 5) is 34.4. The van der Waals surface area contributed by atoms with E-state index >= 15 is 0 Å².